The number of phenolic OH excluding ortho intramolecular Hbond substituents is 1. The van der Waals surface area contributed by atoms with Crippen molar-refractivity contribution in [2.24, 2.45) is 29.6 Å². The summed E-state index contributed by atoms with van der Waals surface area (Å²) in [5.41, 5.74) is -0.0744. The van der Waals surface area contributed by atoms with E-state index in [-0.39, 0.29) is 55.3 Å². The molecule has 4 saturated heterocycles. The molecule has 1 aromatic carbocycles. The zero-order valence-corrected chi connectivity index (χ0v) is 29.4. The largest absolute Gasteiger partial charge is 0.508 e. The number of hydrogen-bond acceptors (Lipinski definition) is 11. The summed E-state index contributed by atoms with van der Waals surface area (Å²) in [6.45, 7) is 11.7. The number of carbonyl (C=O) groups is 4. The van der Waals surface area contributed by atoms with Crippen molar-refractivity contribution in [3.05, 3.63) is 29.8 Å². The van der Waals surface area contributed by atoms with Gasteiger partial charge in [0.05, 0.1) is 13.0 Å². The molecule has 1 aliphatic carbocycles. The standard InChI is InChI=1S/C36H52N2O11/c1-7-44-32(43)28(19-23-9-11-24(39)12-10-23)38-31(42)27(18-20(2)3)37-29(40)14-15-30(41)45-33-22(5)26-13-8-21(4)25-16-17-35(6)47-34(46-33)36(25,26)49-48-35/h9-12,20-22,25-28,33-34,39H,7-8,13-19H2,1-6H3,(H,37,40)(H,38,42)/t21-,22-,25+,26+,27+,28+,33-,34-,35-,36-/m1/s1. The Labute approximate surface area is 288 Å². The monoisotopic (exact) mass is 688 g/mol. The molecule has 4 heterocycles. The lowest BCUT2D eigenvalue weighted by Gasteiger charge is -2.59. The minimum Gasteiger partial charge on any atom is -0.508 e. The van der Waals surface area contributed by atoms with Crippen molar-refractivity contribution in [3.63, 3.8) is 0 Å². The molecule has 2 amide bonds. The van der Waals surface area contributed by atoms with Crippen molar-refractivity contribution in [1.82, 2.24) is 10.6 Å². The molecule has 4 aliphatic heterocycles. The molecule has 13 heteroatoms. The van der Waals surface area contributed by atoms with Crippen molar-refractivity contribution in [3.8, 4) is 5.75 Å². The summed E-state index contributed by atoms with van der Waals surface area (Å²) in [6, 6.07) is 4.33. The summed E-state index contributed by atoms with van der Waals surface area (Å²) in [5, 5.41) is 15.1. The number of amides is 2. The Morgan fingerprint density at radius 3 is 2.41 bits per heavy atom. The molecule has 0 unspecified atom stereocenters. The van der Waals surface area contributed by atoms with Crippen molar-refractivity contribution in [2.45, 2.75) is 129 Å². The van der Waals surface area contributed by atoms with Crippen molar-refractivity contribution < 1.29 is 53.0 Å². The number of carbonyl (C=O) groups excluding carboxylic acids is 4. The Balaban J connectivity index is 1.18. The van der Waals surface area contributed by atoms with Crippen LogP contribution in [0.1, 0.15) is 92.1 Å². The van der Waals surface area contributed by atoms with Gasteiger partial charge in [0.1, 0.15) is 17.8 Å². The lowest BCUT2D eigenvalue weighted by molar-refractivity contribution is -0.576. The van der Waals surface area contributed by atoms with Gasteiger partial charge in [0.2, 0.25) is 23.9 Å². The second-order valence-electron chi connectivity index (χ2n) is 14.7. The van der Waals surface area contributed by atoms with E-state index in [0.717, 1.165) is 19.3 Å². The third kappa shape index (κ3) is 8.22. The highest BCUT2D eigenvalue weighted by Crippen LogP contribution is 2.60. The summed E-state index contributed by atoms with van der Waals surface area (Å²) < 4.78 is 23.7. The first-order valence-electron chi connectivity index (χ1n) is 17.7. The first-order valence-corrected chi connectivity index (χ1v) is 17.7. The predicted octanol–water partition coefficient (Wildman–Crippen LogP) is 4.04. The minimum atomic E-state index is -1.01. The third-order valence-electron chi connectivity index (χ3n) is 10.5. The molecule has 49 heavy (non-hydrogen) atoms. The van der Waals surface area contributed by atoms with Crippen LogP contribution in [0.25, 0.3) is 0 Å². The molecule has 2 bridgehead atoms. The SMILES string of the molecule is CCOC(=O)[C@H](Cc1ccc(O)cc1)NC(=O)[C@H](CC(C)C)NC(=O)CCC(=O)O[C@@H]1O[C@@H]2O[C@@]3(C)CC[C@H]4[C@H](C)CC[C@@H]([C@H]1C)[C@@]24OO3. The van der Waals surface area contributed by atoms with Gasteiger partial charge in [0, 0.05) is 31.1 Å². The molecule has 0 radical (unpaired) electrons. The summed E-state index contributed by atoms with van der Waals surface area (Å²) in [4.78, 5) is 64.3. The van der Waals surface area contributed by atoms with E-state index in [1.165, 1.54) is 12.1 Å². The van der Waals surface area contributed by atoms with Gasteiger partial charge in [0.25, 0.3) is 0 Å². The van der Waals surface area contributed by atoms with Gasteiger partial charge in [-0.1, -0.05) is 39.8 Å². The Morgan fingerprint density at radius 1 is 0.980 bits per heavy atom. The molecule has 3 N–H and O–H groups in total. The summed E-state index contributed by atoms with van der Waals surface area (Å²) >= 11 is 0. The average Bonchev–Trinajstić information content (AvgIpc) is 3.28. The highest BCUT2D eigenvalue weighted by molar-refractivity contribution is 5.91. The summed E-state index contributed by atoms with van der Waals surface area (Å²) in [6.07, 6.45) is 1.78. The van der Waals surface area contributed by atoms with E-state index in [1.807, 2.05) is 27.7 Å². The Hall–Kier alpha value is -3.26. The second-order valence-corrected chi connectivity index (χ2v) is 14.7. The number of aromatic hydroxyl groups is 1. The second kappa shape index (κ2) is 15.3. The first kappa shape index (κ1) is 37.0. The fourth-order valence-corrected chi connectivity index (χ4v) is 7.96. The maximum absolute atomic E-state index is 13.4. The third-order valence-corrected chi connectivity index (χ3v) is 10.5. The number of hydrogen-bond donors (Lipinski definition) is 3. The highest BCUT2D eigenvalue weighted by atomic mass is 17.3. The van der Waals surface area contributed by atoms with Gasteiger partial charge in [0.15, 0.2) is 11.9 Å². The van der Waals surface area contributed by atoms with Crippen molar-refractivity contribution >= 4 is 23.8 Å². The van der Waals surface area contributed by atoms with E-state index >= 15 is 0 Å². The van der Waals surface area contributed by atoms with Crippen LogP contribution >= 0.6 is 0 Å². The molecule has 1 aromatic rings. The topological polar surface area (TPSA) is 168 Å². The molecule has 6 rings (SSSR count). The van der Waals surface area contributed by atoms with Gasteiger partial charge in [-0.2, -0.15) is 0 Å². The average molecular weight is 689 g/mol. The van der Waals surface area contributed by atoms with Crippen LogP contribution in [0.2, 0.25) is 0 Å². The fraction of sp³-hybridized carbons (Fsp3) is 0.722. The van der Waals surface area contributed by atoms with Crippen LogP contribution in [0.5, 0.6) is 5.75 Å². The van der Waals surface area contributed by atoms with Gasteiger partial charge in [-0.15, -0.1) is 0 Å². The predicted molar refractivity (Wildman–Crippen MR) is 174 cm³/mol. The van der Waals surface area contributed by atoms with Gasteiger partial charge in [-0.25, -0.2) is 14.6 Å². The Morgan fingerprint density at radius 2 is 1.71 bits per heavy atom. The fourth-order valence-electron chi connectivity index (χ4n) is 7.96. The van der Waals surface area contributed by atoms with E-state index in [2.05, 4.69) is 17.6 Å². The van der Waals surface area contributed by atoms with Crippen LogP contribution in [0.15, 0.2) is 24.3 Å². The number of ether oxygens (including phenoxy) is 4. The van der Waals surface area contributed by atoms with Crippen molar-refractivity contribution in [1.29, 1.82) is 0 Å². The van der Waals surface area contributed by atoms with E-state index in [4.69, 9.17) is 28.7 Å². The lowest BCUT2D eigenvalue weighted by Crippen LogP contribution is -2.70. The van der Waals surface area contributed by atoms with Crippen LogP contribution < -0.4 is 10.6 Å². The van der Waals surface area contributed by atoms with E-state index < -0.39 is 59.8 Å². The molecule has 272 valence electrons. The summed E-state index contributed by atoms with van der Waals surface area (Å²) in [7, 11) is 0. The van der Waals surface area contributed by atoms with E-state index in [1.54, 1.807) is 19.1 Å². The smallest absolute Gasteiger partial charge is 0.328 e. The van der Waals surface area contributed by atoms with Gasteiger partial charge >= 0.3 is 11.9 Å². The van der Waals surface area contributed by atoms with E-state index in [0.29, 0.717) is 24.3 Å². The molecule has 10 atom stereocenters. The number of fused-ring (bicyclic) bond motifs is 2. The first-order chi connectivity index (χ1) is 23.2. The van der Waals surface area contributed by atoms with Gasteiger partial charge in [-0.3, -0.25) is 14.4 Å². The molecule has 5 fully saturated rings. The number of benzene rings is 1. The maximum atomic E-state index is 13.4. The molecular weight excluding hydrogens is 636 g/mol. The number of esters is 2. The molecule has 1 spiro atoms. The van der Waals surface area contributed by atoms with Crippen LogP contribution in [0, 0.1) is 29.6 Å². The molecule has 1 saturated carbocycles. The van der Waals surface area contributed by atoms with Crippen LogP contribution in [-0.4, -0.2) is 71.5 Å². The lowest BCUT2D eigenvalue weighted by atomic mass is 9.58. The van der Waals surface area contributed by atoms with Crippen molar-refractivity contribution in [2.75, 3.05) is 6.61 Å². The van der Waals surface area contributed by atoms with Gasteiger partial charge < -0.3 is 34.7 Å². The van der Waals surface area contributed by atoms with E-state index in [9.17, 15) is 24.3 Å². The Kier molecular flexibility index (Phi) is 11.6. The summed E-state index contributed by atoms with van der Waals surface area (Å²) in [5.74, 6) is -2.74. The number of rotatable bonds is 13. The zero-order valence-electron chi connectivity index (χ0n) is 29.4. The maximum Gasteiger partial charge on any atom is 0.328 e. The van der Waals surface area contributed by atoms with Crippen LogP contribution in [-0.2, 0) is 54.3 Å². The number of nitrogens with one attached hydrogen (secondary N) is 2. The van der Waals surface area contributed by atoms with Crippen LogP contribution in [0.3, 0.4) is 0 Å². The highest BCUT2D eigenvalue weighted by Gasteiger charge is 2.69. The van der Waals surface area contributed by atoms with Gasteiger partial charge in [-0.05, 0) is 75.0 Å². The minimum absolute atomic E-state index is 0.0148. The molecular formula is C36H52N2O11. The number of phenols is 1. The normalized spacial score (nSPS) is 33.0. The van der Waals surface area contributed by atoms with Crippen LogP contribution in [0.4, 0.5) is 0 Å². The molecule has 0 aromatic heterocycles. The molecule has 5 aliphatic rings. The molecule has 13 nitrogen and oxygen atoms in total. The Bertz CT molecular complexity index is 1350. The zero-order chi connectivity index (χ0) is 35.5. The quantitative estimate of drug-likeness (QED) is 0.202.